The van der Waals surface area contributed by atoms with Crippen LogP contribution in [0.3, 0.4) is 0 Å². The lowest BCUT2D eigenvalue weighted by atomic mass is 10.1. The number of ether oxygens (including phenoxy) is 1. The van der Waals surface area contributed by atoms with Crippen LogP contribution in [0, 0.1) is 6.92 Å². The zero-order valence-electron chi connectivity index (χ0n) is 17.9. The molecule has 162 valence electrons. The average Bonchev–Trinajstić information content (AvgIpc) is 3.36. The number of amides is 1. The molecule has 1 amide bonds. The average molecular weight is 490 g/mol. The van der Waals surface area contributed by atoms with E-state index in [0.29, 0.717) is 26.1 Å². The van der Waals surface area contributed by atoms with Crippen LogP contribution in [0.5, 0.6) is 5.75 Å². The van der Waals surface area contributed by atoms with Crippen molar-refractivity contribution in [2.75, 3.05) is 18.1 Å². The van der Waals surface area contributed by atoms with Gasteiger partial charge in [0.2, 0.25) is 5.91 Å². The number of carbonyl (C=O) groups excluding carboxylic acids is 1. The molecular weight excluding hydrogens is 466 g/mol. The lowest BCUT2D eigenvalue weighted by molar-refractivity contribution is -0.117. The highest BCUT2D eigenvalue weighted by Crippen LogP contribution is 2.36. The first-order valence-corrected chi connectivity index (χ1v) is 11.6. The van der Waals surface area contributed by atoms with Gasteiger partial charge in [-0.25, -0.2) is 4.98 Å². The highest BCUT2D eigenvalue weighted by atomic mass is 79.9. The Hall–Kier alpha value is -3.12. The summed E-state index contributed by atoms with van der Waals surface area (Å²) < 4.78 is 9.13. The maximum absolute atomic E-state index is 12.9. The van der Waals surface area contributed by atoms with Crippen molar-refractivity contribution >= 4 is 38.6 Å². The maximum atomic E-state index is 12.9. The van der Waals surface area contributed by atoms with E-state index in [0.717, 1.165) is 32.8 Å². The molecule has 1 aliphatic heterocycles. The Morgan fingerprint density at radius 1 is 1.03 bits per heavy atom. The summed E-state index contributed by atoms with van der Waals surface area (Å²) in [4.78, 5) is 19.7. The minimum absolute atomic E-state index is 0.0291. The fourth-order valence-corrected chi connectivity index (χ4v) is 4.81. The molecule has 0 saturated carbocycles. The summed E-state index contributed by atoms with van der Waals surface area (Å²) in [6.45, 7) is 3.88. The molecule has 1 saturated heterocycles. The standard InChI is InChI=1S/C26H24BrN3O2/c1-18-10-12-20(13-11-18)32-15-14-29-24-9-5-3-7-22(24)28-26(29)19-16-25(31)30(17-19)23-8-4-2-6-21(23)27/h2-13,19H,14-17H2,1H3. The van der Waals surface area contributed by atoms with E-state index in [9.17, 15) is 4.79 Å². The van der Waals surface area contributed by atoms with Crippen molar-refractivity contribution in [1.82, 2.24) is 9.55 Å². The SMILES string of the molecule is Cc1ccc(OCCn2c(C3CC(=O)N(c4ccccc4Br)C3)nc3ccccc32)cc1. The Kier molecular flexibility index (Phi) is 5.70. The van der Waals surface area contributed by atoms with Gasteiger partial charge in [-0.3, -0.25) is 4.79 Å². The fraction of sp³-hybridized carbons (Fsp3) is 0.231. The van der Waals surface area contributed by atoms with E-state index < -0.39 is 0 Å². The monoisotopic (exact) mass is 489 g/mol. The molecule has 0 spiro atoms. The third-order valence-electron chi connectivity index (χ3n) is 5.92. The van der Waals surface area contributed by atoms with Gasteiger partial charge in [-0.15, -0.1) is 0 Å². The largest absolute Gasteiger partial charge is 0.492 e. The molecule has 1 unspecified atom stereocenters. The molecule has 3 aromatic carbocycles. The van der Waals surface area contributed by atoms with Crippen LogP contribution in [0.2, 0.25) is 0 Å². The summed E-state index contributed by atoms with van der Waals surface area (Å²) in [5, 5.41) is 0. The molecule has 2 heterocycles. The number of hydrogen-bond acceptors (Lipinski definition) is 3. The van der Waals surface area contributed by atoms with Gasteiger partial charge in [-0.1, -0.05) is 42.0 Å². The Morgan fingerprint density at radius 3 is 2.59 bits per heavy atom. The number of nitrogens with zero attached hydrogens (tertiary/aromatic N) is 3. The zero-order chi connectivity index (χ0) is 22.1. The zero-order valence-corrected chi connectivity index (χ0v) is 19.5. The molecule has 0 N–H and O–H groups in total. The third-order valence-corrected chi connectivity index (χ3v) is 6.59. The van der Waals surface area contributed by atoms with Crippen molar-refractivity contribution in [2.45, 2.75) is 25.8 Å². The number of para-hydroxylation sites is 3. The number of carbonyl (C=O) groups is 1. The van der Waals surface area contributed by atoms with Gasteiger partial charge in [0, 0.05) is 23.4 Å². The topological polar surface area (TPSA) is 47.4 Å². The van der Waals surface area contributed by atoms with Crippen LogP contribution in [0.4, 0.5) is 5.69 Å². The minimum Gasteiger partial charge on any atom is -0.492 e. The summed E-state index contributed by atoms with van der Waals surface area (Å²) in [7, 11) is 0. The number of fused-ring (bicyclic) bond motifs is 1. The molecular formula is C26H24BrN3O2. The molecule has 1 atom stereocenters. The van der Waals surface area contributed by atoms with Gasteiger partial charge in [0.25, 0.3) is 0 Å². The molecule has 0 aliphatic carbocycles. The van der Waals surface area contributed by atoms with E-state index in [-0.39, 0.29) is 11.8 Å². The van der Waals surface area contributed by atoms with E-state index >= 15 is 0 Å². The lowest BCUT2D eigenvalue weighted by Crippen LogP contribution is -2.25. The maximum Gasteiger partial charge on any atom is 0.227 e. The second-order valence-corrected chi connectivity index (χ2v) is 8.98. The molecule has 0 radical (unpaired) electrons. The summed E-state index contributed by atoms with van der Waals surface area (Å²) >= 11 is 3.58. The van der Waals surface area contributed by atoms with Crippen molar-refractivity contribution in [3.05, 3.63) is 88.7 Å². The number of anilines is 1. The third kappa shape index (κ3) is 4.02. The molecule has 0 bridgehead atoms. The summed E-state index contributed by atoms with van der Waals surface area (Å²) in [6, 6.07) is 24.1. The molecule has 5 rings (SSSR count). The van der Waals surface area contributed by atoms with Crippen LogP contribution in [0.25, 0.3) is 11.0 Å². The van der Waals surface area contributed by atoms with E-state index in [1.807, 2.05) is 71.6 Å². The van der Waals surface area contributed by atoms with E-state index in [1.54, 1.807) is 0 Å². The number of benzene rings is 3. The Morgan fingerprint density at radius 2 is 1.78 bits per heavy atom. The van der Waals surface area contributed by atoms with Crippen LogP contribution in [0.15, 0.2) is 77.3 Å². The first-order valence-electron chi connectivity index (χ1n) is 10.8. The van der Waals surface area contributed by atoms with Gasteiger partial charge in [0.05, 0.1) is 23.3 Å². The molecule has 1 aromatic heterocycles. The number of aromatic nitrogens is 2. The molecule has 5 nitrogen and oxygen atoms in total. The van der Waals surface area contributed by atoms with E-state index in [1.165, 1.54) is 5.56 Å². The van der Waals surface area contributed by atoms with Crippen LogP contribution < -0.4 is 9.64 Å². The quantitative estimate of drug-likeness (QED) is 0.348. The van der Waals surface area contributed by atoms with Crippen LogP contribution in [-0.2, 0) is 11.3 Å². The van der Waals surface area contributed by atoms with Crippen LogP contribution >= 0.6 is 15.9 Å². The number of halogens is 1. The van der Waals surface area contributed by atoms with Crippen molar-refractivity contribution in [3.8, 4) is 5.75 Å². The number of aryl methyl sites for hydroxylation is 1. The first-order chi connectivity index (χ1) is 15.6. The second-order valence-electron chi connectivity index (χ2n) is 8.13. The van der Waals surface area contributed by atoms with E-state index in [2.05, 4.69) is 33.5 Å². The Labute approximate surface area is 195 Å². The van der Waals surface area contributed by atoms with Gasteiger partial charge in [0.15, 0.2) is 0 Å². The number of rotatable bonds is 6. The van der Waals surface area contributed by atoms with Crippen LogP contribution in [-0.4, -0.2) is 28.6 Å². The first kappa shape index (κ1) is 20.8. The lowest BCUT2D eigenvalue weighted by Gasteiger charge is -2.19. The van der Waals surface area contributed by atoms with Gasteiger partial charge in [-0.2, -0.15) is 0 Å². The molecule has 4 aromatic rings. The number of hydrogen-bond donors (Lipinski definition) is 0. The molecule has 32 heavy (non-hydrogen) atoms. The minimum atomic E-state index is 0.0291. The van der Waals surface area contributed by atoms with Crippen molar-refractivity contribution in [1.29, 1.82) is 0 Å². The molecule has 1 aliphatic rings. The van der Waals surface area contributed by atoms with E-state index in [4.69, 9.17) is 9.72 Å². The van der Waals surface area contributed by atoms with Gasteiger partial charge >= 0.3 is 0 Å². The predicted molar refractivity (Wildman–Crippen MR) is 130 cm³/mol. The van der Waals surface area contributed by atoms with Crippen LogP contribution in [0.1, 0.15) is 23.7 Å². The molecule has 1 fully saturated rings. The highest BCUT2D eigenvalue weighted by Gasteiger charge is 2.35. The predicted octanol–water partition coefficient (Wildman–Crippen LogP) is 5.71. The normalized spacial score (nSPS) is 16.1. The highest BCUT2D eigenvalue weighted by molar-refractivity contribution is 9.10. The number of imidazole rings is 1. The van der Waals surface area contributed by atoms with Gasteiger partial charge < -0.3 is 14.2 Å². The second kappa shape index (κ2) is 8.79. The summed E-state index contributed by atoms with van der Waals surface area (Å²) in [5.74, 6) is 1.96. The van der Waals surface area contributed by atoms with Crippen molar-refractivity contribution in [2.24, 2.45) is 0 Å². The summed E-state index contributed by atoms with van der Waals surface area (Å²) in [6.07, 6.45) is 0.448. The van der Waals surface area contributed by atoms with Gasteiger partial charge in [0.1, 0.15) is 18.2 Å². The smallest absolute Gasteiger partial charge is 0.227 e. The Bertz CT molecular complexity index is 1270. The van der Waals surface area contributed by atoms with Crippen molar-refractivity contribution < 1.29 is 9.53 Å². The molecule has 6 heteroatoms. The van der Waals surface area contributed by atoms with Crippen molar-refractivity contribution in [3.63, 3.8) is 0 Å². The Balaban J connectivity index is 1.41. The summed E-state index contributed by atoms with van der Waals surface area (Å²) in [5.41, 5.74) is 4.14. The van der Waals surface area contributed by atoms with Gasteiger partial charge in [-0.05, 0) is 59.3 Å². The fourth-order valence-electron chi connectivity index (χ4n) is 4.31.